The number of hydrogen-bond donors (Lipinski definition) is 3. The Morgan fingerprint density at radius 3 is 2.40 bits per heavy atom. The Labute approximate surface area is 246 Å². The Morgan fingerprint density at radius 2 is 1.70 bits per heavy atom. The van der Waals surface area contributed by atoms with Gasteiger partial charge in [-0.1, -0.05) is 48.2 Å². The molecule has 4 rings (SSSR count). The number of ether oxygens (including phenoxy) is 2. The standard InChI is InChI=1S/C30H38Cl2N4O4/c1-39-26-12-11-19(17-27(26)40-2)29-21-9-5-6-10-22(21)30(38)36(35-29)14-8-4-3-7-13-34-18-25(37)20-15-23(31)28(33)24(32)16-20/h5-6,11-12,15-17,21-22,25,34,37H,3-4,7-10,13-14,18,33H2,1-2H3/t21-,22+,25?/m0/s1. The lowest BCUT2D eigenvalue weighted by atomic mass is 9.76. The molecule has 0 spiro atoms. The summed E-state index contributed by atoms with van der Waals surface area (Å²) >= 11 is 12.1. The number of methoxy groups -OCH3 is 2. The number of unbranched alkanes of at least 4 members (excludes halogenated alkanes) is 3. The number of nitrogens with two attached hydrogens (primary N) is 1. The van der Waals surface area contributed by atoms with Gasteiger partial charge in [0.05, 0.1) is 47.7 Å². The highest BCUT2D eigenvalue weighted by Crippen LogP contribution is 2.37. The molecule has 40 heavy (non-hydrogen) atoms. The summed E-state index contributed by atoms with van der Waals surface area (Å²) in [5, 5.41) is 20.9. The molecule has 10 heteroatoms. The number of fused-ring (bicyclic) bond motifs is 1. The zero-order chi connectivity index (χ0) is 28.6. The second-order valence-electron chi connectivity index (χ2n) is 10.2. The summed E-state index contributed by atoms with van der Waals surface area (Å²) < 4.78 is 10.9. The summed E-state index contributed by atoms with van der Waals surface area (Å²) in [6, 6.07) is 9.10. The number of nitrogen functional groups attached to an aromatic ring is 1. The van der Waals surface area contributed by atoms with E-state index in [4.69, 9.17) is 43.5 Å². The van der Waals surface area contributed by atoms with Crippen LogP contribution in [0.5, 0.6) is 11.5 Å². The zero-order valence-electron chi connectivity index (χ0n) is 23.0. The van der Waals surface area contributed by atoms with E-state index in [0.29, 0.717) is 45.9 Å². The molecular weight excluding hydrogens is 551 g/mol. The van der Waals surface area contributed by atoms with E-state index < -0.39 is 6.10 Å². The molecule has 2 aliphatic rings. The van der Waals surface area contributed by atoms with E-state index >= 15 is 0 Å². The molecule has 2 aromatic rings. The lowest BCUT2D eigenvalue weighted by Crippen LogP contribution is -2.45. The number of aliphatic hydroxyl groups excluding tert-OH is 1. The van der Waals surface area contributed by atoms with Crippen LogP contribution >= 0.6 is 23.2 Å². The largest absolute Gasteiger partial charge is 0.493 e. The molecule has 4 N–H and O–H groups in total. The van der Waals surface area contributed by atoms with Gasteiger partial charge in [0.1, 0.15) is 0 Å². The number of halogens is 2. The van der Waals surface area contributed by atoms with Crippen LogP contribution in [-0.4, -0.2) is 55.6 Å². The molecule has 1 aliphatic carbocycles. The van der Waals surface area contributed by atoms with E-state index in [1.807, 2.05) is 18.2 Å². The zero-order valence-corrected chi connectivity index (χ0v) is 24.5. The van der Waals surface area contributed by atoms with Crippen LogP contribution in [0.4, 0.5) is 5.69 Å². The van der Waals surface area contributed by atoms with E-state index in [2.05, 4.69) is 17.5 Å². The SMILES string of the molecule is COc1ccc(C2=NN(CCCCCCNCC(O)c3cc(Cl)c(N)c(Cl)c3)C(=O)[C@@H]3CC=CC[C@H]23)cc1OC. The van der Waals surface area contributed by atoms with Crippen molar-refractivity contribution < 1.29 is 19.4 Å². The quantitative estimate of drug-likeness (QED) is 0.159. The number of amides is 1. The van der Waals surface area contributed by atoms with Gasteiger partial charge in [0.25, 0.3) is 0 Å². The van der Waals surface area contributed by atoms with Crippen molar-refractivity contribution in [2.45, 2.75) is 44.6 Å². The maximum absolute atomic E-state index is 13.3. The Bertz CT molecular complexity index is 1230. The molecule has 1 amide bonds. The molecular formula is C30H38Cl2N4O4. The van der Waals surface area contributed by atoms with Crippen LogP contribution in [0.25, 0.3) is 0 Å². The predicted octanol–water partition coefficient (Wildman–Crippen LogP) is 5.61. The Balaban J connectivity index is 1.26. The first kappa shape index (κ1) is 30.2. The van der Waals surface area contributed by atoms with E-state index in [1.165, 1.54) is 0 Å². The topological polar surface area (TPSA) is 109 Å². The Kier molecular flexibility index (Phi) is 10.7. The molecule has 1 heterocycles. The summed E-state index contributed by atoms with van der Waals surface area (Å²) in [5.41, 5.74) is 8.60. The highest BCUT2D eigenvalue weighted by Gasteiger charge is 2.40. The molecule has 8 nitrogen and oxygen atoms in total. The van der Waals surface area contributed by atoms with Crippen LogP contribution in [-0.2, 0) is 4.79 Å². The van der Waals surface area contributed by atoms with Crippen LogP contribution in [0, 0.1) is 11.8 Å². The van der Waals surface area contributed by atoms with Gasteiger partial charge in [-0.05, 0) is 68.1 Å². The van der Waals surface area contributed by atoms with Crippen LogP contribution in [0.15, 0.2) is 47.6 Å². The van der Waals surface area contributed by atoms with Crippen molar-refractivity contribution in [1.29, 1.82) is 0 Å². The summed E-state index contributed by atoms with van der Waals surface area (Å²) in [4.78, 5) is 13.3. The number of hydrogen-bond acceptors (Lipinski definition) is 7. The molecule has 0 saturated heterocycles. The van der Waals surface area contributed by atoms with Gasteiger partial charge in [0.15, 0.2) is 11.5 Å². The van der Waals surface area contributed by atoms with E-state index in [0.717, 1.165) is 56.3 Å². The predicted molar refractivity (Wildman–Crippen MR) is 160 cm³/mol. The highest BCUT2D eigenvalue weighted by atomic mass is 35.5. The monoisotopic (exact) mass is 588 g/mol. The molecule has 2 aromatic carbocycles. The lowest BCUT2D eigenvalue weighted by Gasteiger charge is -2.37. The Hall–Kier alpha value is -2.78. The molecule has 3 atom stereocenters. The lowest BCUT2D eigenvalue weighted by molar-refractivity contribution is -0.137. The maximum atomic E-state index is 13.3. The van der Waals surface area contributed by atoms with Gasteiger partial charge < -0.3 is 25.6 Å². The third kappa shape index (κ3) is 7.10. The first-order valence-corrected chi connectivity index (χ1v) is 14.5. The third-order valence-electron chi connectivity index (χ3n) is 7.56. The van der Waals surface area contributed by atoms with Crippen LogP contribution in [0.1, 0.15) is 55.8 Å². The fraction of sp³-hybridized carbons (Fsp3) is 0.467. The number of hydrazone groups is 1. The van der Waals surface area contributed by atoms with Crippen molar-refractivity contribution in [3.63, 3.8) is 0 Å². The van der Waals surface area contributed by atoms with Crippen LogP contribution < -0.4 is 20.5 Å². The molecule has 0 saturated carbocycles. The number of anilines is 1. The van der Waals surface area contributed by atoms with Crippen molar-refractivity contribution in [3.05, 3.63) is 63.7 Å². The minimum absolute atomic E-state index is 0.0635. The second kappa shape index (κ2) is 14.2. The van der Waals surface area contributed by atoms with Gasteiger partial charge in [-0.2, -0.15) is 5.10 Å². The number of nitrogens with one attached hydrogen (secondary N) is 1. The number of carbonyl (C=O) groups excluding carboxylic acids is 1. The van der Waals surface area contributed by atoms with Gasteiger partial charge in [-0.3, -0.25) is 4.79 Å². The summed E-state index contributed by atoms with van der Waals surface area (Å²) in [6.07, 6.45) is 8.88. The number of carbonyl (C=O) groups is 1. The number of aliphatic hydroxyl groups is 1. The number of nitrogens with zero attached hydrogens (tertiary/aromatic N) is 2. The average molecular weight is 590 g/mol. The smallest absolute Gasteiger partial charge is 0.246 e. The summed E-state index contributed by atoms with van der Waals surface area (Å²) in [6.45, 7) is 1.75. The van der Waals surface area contributed by atoms with Gasteiger partial charge in [0, 0.05) is 24.6 Å². The van der Waals surface area contributed by atoms with Gasteiger partial charge in [-0.25, -0.2) is 5.01 Å². The normalized spacial score (nSPS) is 19.3. The van der Waals surface area contributed by atoms with Crippen molar-refractivity contribution in [2.75, 3.05) is 39.6 Å². The minimum atomic E-state index is -0.725. The molecule has 216 valence electrons. The molecule has 1 aliphatic heterocycles. The molecule has 0 bridgehead atoms. The van der Waals surface area contributed by atoms with Crippen LogP contribution in [0.3, 0.4) is 0 Å². The number of allylic oxidation sites excluding steroid dienone is 2. The number of rotatable bonds is 13. The molecule has 0 aromatic heterocycles. The van der Waals surface area contributed by atoms with Crippen LogP contribution in [0.2, 0.25) is 10.0 Å². The molecule has 0 radical (unpaired) electrons. The number of benzene rings is 2. The maximum Gasteiger partial charge on any atom is 0.246 e. The fourth-order valence-corrected chi connectivity index (χ4v) is 5.78. The average Bonchev–Trinajstić information content (AvgIpc) is 2.97. The second-order valence-corrected chi connectivity index (χ2v) is 11.0. The van der Waals surface area contributed by atoms with Crippen molar-refractivity contribution in [2.24, 2.45) is 16.9 Å². The van der Waals surface area contributed by atoms with E-state index in [1.54, 1.807) is 31.4 Å². The minimum Gasteiger partial charge on any atom is -0.493 e. The van der Waals surface area contributed by atoms with E-state index in [-0.39, 0.29) is 17.7 Å². The first-order valence-electron chi connectivity index (χ1n) is 13.7. The fourth-order valence-electron chi connectivity index (χ4n) is 5.28. The summed E-state index contributed by atoms with van der Waals surface area (Å²) in [5.74, 6) is 1.40. The summed E-state index contributed by atoms with van der Waals surface area (Å²) in [7, 11) is 3.24. The van der Waals surface area contributed by atoms with Gasteiger partial charge in [-0.15, -0.1) is 0 Å². The van der Waals surface area contributed by atoms with Gasteiger partial charge in [0.2, 0.25) is 5.91 Å². The highest BCUT2D eigenvalue weighted by molar-refractivity contribution is 6.38. The van der Waals surface area contributed by atoms with Crippen molar-refractivity contribution in [3.8, 4) is 11.5 Å². The molecule has 0 fully saturated rings. The third-order valence-corrected chi connectivity index (χ3v) is 8.19. The van der Waals surface area contributed by atoms with Crippen molar-refractivity contribution in [1.82, 2.24) is 10.3 Å². The molecule has 1 unspecified atom stereocenters. The Morgan fingerprint density at radius 1 is 1.02 bits per heavy atom. The van der Waals surface area contributed by atoms with Gasteiger partial charge >= 0.3 is 0 Å². The van der Waals surface area contributed by atoms with Crippen molar-refractivity contribution >= 4 is 40.5 Å². The first-order chi connectivity index (χ1) is 19.3. The van der Waals surface area contributed by atoms with E-state index in [9.17, 15) is 9.90 Å².